The van der Waals surface area contributed by atoms with E-state index in [1.165, 1.54) is 29.5 Å². The number of benzene rings is 3. The summed E-state index contributed by atoms with van der Waals surface area (Å²) >= 11 is 1.50. The van der Waals surface area contributed by atoms with E-state index in [9.17, 15) is 4.39 Å². The van der Waals surface area contributed by atoms with Crippen molar-refractivity contribution in [1.82, 2.24) is 15.2 Å². The Morgan fingerprint density at radius 1 is 0.900 bits per heavy atom. The van der Waals surface area contributed by atoms with Crippen LogP contribution >= 0.6 is 11.8 Å². The number of ether oxygens (including phenoxy) is 1. The highest BCUT2D eigenvalue weighted by Gasteiger charge is 2.26. The van der Waals surface area contributed by atoms with Gasteiger partial charge in [-0.3, -0.25) is 0 Å². The fraction of sp³-hybridized carbons (Fsp3) is 0.0870. The van der Waals surface area contributed by atoms with Crippen LogP contribution in [-0.2, 0) is 5.75 Å². The molecular weight excluding hydrogens is 399 g/mol. The van der Waals surface area contributed by atoms with Crippen molar-refractivity contribution in [2.75, 3.05) is 5.32 Å². The molecule has 1 aromatic heterocycles. The highest BCUT2D eigenvalue weighted by Crippen LogP contribution is 2.39. The largest absolute Gasteiger partial charge is 0.448 e. The Bertz CT molecular complexity index is 1170. The van der Waals surface area contributed by atoms with E-state index < -0.39 is 6.23 Å². The Labute approximate surface area is 177 Å². The van der Waals surface area contributed by atoms with Crippen LogP contribution in [0, 0.1) is 5.82 Å². The average molecular weight is 416 g/mol. The summed E-state index contributed by atoms with van der Waals surface area (Å²) in [5, 5.41) is 12.6. The molecule has 1 aliphatic rings. The molecule has 3 aromatic carbocycles. The molecule has 30 heavy (non-hydrogen) atoms. The van der Waals surface area contributed by atoms with Crippen molar-refractivity contribution in [3.8, 4) is 17.1 Å². The molecule has 2 heterocycles. The highest BCUT2D eigenvalue weighted by atomic mass is 32.2. The molecule has 0 amide bonds. The van der Waals surface area contributed by atoms with Crippen LogP contribution in [0.25, 0.3) is 11.3 Å². The molecule has 1 aliphatic heterocycles. The Morgan fingerprint density at radius 3 is 2.50 bits per heavy atom. The quantitative estimate of drug-likeness (QED) is 0.445. The molecule has 0 unspecified atom stereocenters. The molecule has 0 aliphatic carbocycles. The monoisotopic (exact) mass is 416 g/mol. The van der Waals surface area contributed by atoms with Crippen molar-refractivity contribution < 1.29 is 9.13 Å². The standard InChI is InChI=1S/C23H17FN4OS/c24-17-12-10-16(11-13-17)21-25-19-9-5-4-8-18(19)20-22(29-21)26-23(28-27-20)30-14-15-6-2-1-3-7-15/h1-13,21,25H,14H2/t21-/m0/s1. The van der Waals surface area contributed by atoms with Crippen LogP contribution in [0.15, 0.2) is 84.0 Å². The van der Waals surface area contributed by atoms with Crippen LogP contribution in [0.5, 0.6) is 5.88 Å². The smallest absolute Gasteiger partial charge is 0.247 e. The molecule has 7 heteroatoms. The minimum Gasteiger partial charge on any atom is -0.448 e. The number of nitrogens with one attached hydrogen (secondary N) is 1. The van der Waals surface area contributed by atoms with E-state index in [4.69, 9.17) is 4.74 Å². The molecule has 4 aromatic rings. The van der Waals surface area contributed by atoms with Crippen molar-refractivity contribution in [3.63, 3.8) is 0 Å². The minimum atomic E-state index is -0.531. The summed E-state index contributed by atoms with van der Waals surface area (Å²) in [7, 11) is 0. The van der Waals surface area contributed by atoms with Crippen LogP contribution in [0.3, 0.4) is 0 Å². The number of thioether (sulfide) groups is 1. The fourth-order valence-electron chi connectivity index (χ4n) is 3.22. The Hall–Kier alpha value is -3.45. The van der Waals surface area contributed by atoms with Gasteiger partial charge in [0.2, 0.25) is 11.0 Å². The van der Waals surface area contributed by atoms with E-state index >= 15 is 0 Å². The maximum atomic E-state index is 13.4. The van der Waals surface area contributed by atoms with E-state index in [1.807, 2.05) is 42.5 Å². The second-order valence-electron chi connectivity index (χ2n) is 6.76. The van der Waals surface area contributed by atoms with Gasteiger partial charge in [-0.05, 0) is 23.8 Å². The molecule has 0 saturated carbocycles. The minimum absolute atomic E-state index is 0.295. The number of hydrogen-bond acceptors (Lipinski definition) is 6. The second-order valence-corrected chi connectivity index (χ2v) is 7.70. The van der Waals surface area contributed by atoms with Gasteiger partial charge in [0.15, 0.2) is 11.9 Å². The lowest BCUT2D eigenvalue weighted by Crippen LogP contribution is -2.17. The van der Waals surface area contributed by atoms with Gasteiger partial charge < -0.3 is 10.1 Å². The molecule has 5 rings (SSSR count). The Morgan fingerprint density at radius 2 is 1.67 bits per heavy atom. The molecule has 0 bridgehead atoms. The molecule has 1 N–H and O–H groups in total. The first-order valence-corrected chi connectivity index (χ1v) is 10.4. The summed E-state index contributed by atoms with van der Waals surface area (Å²) in [6.07, 6.45) is -0.531. The van der Waals surface area contributed by atoms with E-state index in [0.29, 0.717) is 16.7 Å². The van der Waals surface area contributed by atoms with E-state index in [1.54, 1.807) is 12.1 Å². The Balaban J connectivity index is 1.50. The highest BCUT2D eigenvalue weighted by molar-refractivity contribution is 7.98. The third-order valence-electron chi connectivity index (χ3n) is 4.72. The molecule has 5 nitrogen and oxygen atoms in total. The van der Waals surface area contributed by atoms with Gasteiger partial charge in [-0.1, -0.05) is 72.4 Å². The van der Waals surface area contributed by atoms with E-state index in [0.717, 1.165) is 22.6 Å². The topological polar surface area (TPSA) is 59.9 Å². The number of aromatic nitrogens is 3. The van der Waals surface area contributed by atoms with E-state index in [2.05, 4.69) is 32.6 Å². The van der Waals surface area contributed by atoms with Crippen molar-refractivity contribution in [1.29, 1.82) is 0 Å². The normalized spacial score (nSPS) is 14.6. The number of fused-ring (bicyclic) bond motifs is 3. The zero-order chi connectivity index (χ0) is 20.3. The fourth-order valence-corrected chi connectivity index (χ4v) is 3.95. The number of para-hydroxylation sites is 1. The third kappa shape index (κ3) is 3.84. The molecule has 0 saturated heterocycles. The van der Waals surface area contributed by atoms with Crippen LogP contribution in [0.2, 0.25) is 0 Å². The van der Waals surface area contributed by atoms with Gasteiger partial charge in [0.1, 0.15) is 5.82 Å². The first kappa shape index (κ1) is 18.6. The van der Waals surface area contributed by atoms with Crippen LogP contribution in [0.4, 0.5) is 10.1 Å². The number of halogens is 1. The SMILES string of the molecule is Fc1ccc([C@H]2Nc3ccccc3-c3nnc(SCc4ccccc4)nc3O2)cc1. The van der Waals surface area contributed by atoms with Gasteiger partial charge in [-0.2, -0.15) is 4.98 Å². The summed E-state index contributed by atoms with van der Waals surface area (Å²) in [6.45, 7) is 0. The summed E-state index contributed by atoms with van der Waals surface area (Å²) in [4.78, 5) is 4.63. The first-order valence-electron chi connectivity index (χ1n) is 9.46. The maximum Gasteiger partial charge on any atom is 0.247 e. The van der Waals surface area contributed by atoms with Crippen LogP contribution in [-0.4, -0.2) is 15.2 Å². The molecule has 1 atom stereocenters. The van der Waals surface area contributed by atoms with Gasteiger partial charge >= 0.3 is 0 Å². The lowest BCUT2D eigenvalue weighted by molar-refractivity contribution is 0.225. The molecule has 0 fully saturated rings. The zero-order valence-electron chi connectivity index (χ0n) is 15.8. The van der Waals surface area contributed by atoms with Gasteiger partial charge in [0, 0.05) is 22.6 Å². The second kappa shape index (κ2) is 8.12. The number of hydrogen-bond donors (Lipinski definition) is 1. The van der Waals surface area contributed by atoms with Crippen molar-refractivity contribution in [2.45, 2.75) is 17.1 Å². The number of rotatable bonds is 4. The summed E-state index contributed by atoms with van der Waals surface area (Å²) in [5.74, 6) is 0.835. The van der Waals surface area contributed by atoms with Crippen molar-refractivity contribution in [3.05, 3.63) is 95.8 Å². The predicted molar refractivity (Wildman–Crippen MR) is 115 cm³/mol. The van der Waals surface area contributed by atoms with Crippen LogP contribution < -0.4 is 10.1 Å². The lowest BCUT2D eigenvalue weighted by atomic mass is 10.1. The predicted octanol–water partition coefficient (Wildman–Crippen LogP) is 5.47. The van der Waals surface area contributed by atoms with Gasteiger partial charge in [0.05, 0.1) is 0 Å². The first-order chi connectivity index (χ1) is 14.8. The van der Waals surface area contributed by atoms with Gasteiger partial charge in [-0.15, -0.1) is 10.2 Å². The van der Waals surface area contributed by atoms with Gasteiger partial charge in [-0.25, -0.2) is 4.39 Å². The van der Waals surface area contributed by atoms with Gasteiger partial charge in [0.25, 0.3) is 0 Å². The van der Waals surface area contributed by atoms with Crippen molar-refractivity contribution in [2.24, 2.45) is 0 Å². The lowest BCUT2D eigenvalue weighted by Gasteiger charge is -2.19. The van der Waals surface area contributed by atoms with Crippen LogP contribution in [0.1, 0.15) is 17.4 Å². The summed E-state index contributed by atoms with van der Waals surface area (Å²) in [5.41, 5.74) is 4.25. The Kier molecular flexibility index (Phi) is 5.03. The number of anilines is 1. The summed E-state index contributed by atoms with van der Waals surface area (Å²) < 4.78 is 19.6. The maximum absolute atomic E-state index is 13.4. The third-order valence-corrected chi connectivity index (χ3v) is 5.63. The zero-order valence-corrected chi connectivity index (χ0v) is 16.6. The average Bonchev–Trinajstić information content (AvgIpc) is 2.95. The van der Waals surface area contributed by atoms with Crippen molar-refractivity contribution >= 4 is 17.4 Å². The molecule has 0 spiro atoms. The van der Waals surface area contributed by atoms with E-state index in [-0.39, 0.29) is 5.82 Å². The summed E-state index contributed by atoms with van der Waals surface area (Å²) in [6, 6.07) is 24.1. The molecule has 0 radical (unpaired) electrons. The molecule has 148 valence electrons. The number of nitrogens with zero attached hydrogens (tertiary/aromatic N) is 3. The molecular formula is C23H17FN4OS.